The molecule has 3 aromatic carbocycles. The Kier molecular flexibility index (Phi) is 7.54. The number of aromatic hydroxyl groups is 1. The Labute approximate surface area is 236 Å². The molecule has 0 radical (unpaired) electrons. The van der Waals surface area contributed by atoms with E-state index in [-0.39, 0.29) is 18.3 Å². The summed E-state index contributed by atoms with van der Waals surface area (Å²) >= 11 is 0. The highest BCUT2D eigenvalue weighted by atomic mass is 16.5. The van der Waals surface area contributed by atoms with Gasteiger partial charge in [-0.2, -0.15) is 0 Å². The van der Waals surface area contributed by atoms with Crippen LogP contribution in [0.5, 0.6) is 23.1 Å². The Morgan fingerprint density at radius 2 is 1.66 bits per heavy atom. The Balaban J connectivity index is 1.34. The number of nitrogens with one attached hydrogen (secondary N) is 3. The molecule has 5 rings (SSSR count). The maximum absolute atomic E-state index is 13.1. The van der Waals surface area contributed by atoms with Crippen LogP contribution in [0.15, 0.2) is 72.9 Å². The molecular weight excluding hydrogens is 526 g/mol. The normalized spacial score (nSPS) is 16.5. The van der Waals surface area contributed by atoms with Crippen LogP contribution in [-0.2, 0) is 16.9 Å². The van der Waals surface area contributed by atoms with Crippen LogP contribution >= 0.6 is 0 Å². The van der Waals surface area contributed by atoms with Crippen LogP contribution in [0.3, 0.4) is 0 Å². The van der Waals surface area contributed by atoms with Crippen molar-refractivity contribution in [3.63, 3.8) is 0 Å². The summed E-state index contributed by atoms with van der Waals surface area (Å²) in [6, 6.07) is 18.2. The van der Waals surface area contributed by atoms with E-state index in [1.807, 2.05) is 19.0 Å². The number of urea groups is 1. The Hall–Kier alpha value is -5.03. The molecule has 0 spiro atoms. The second kappa shape index (κ2) is 11.2. The monoisotopic (exact) mass is 557 g/mol. The number of nitrogens with zero attached hydrogens (tertiary/aromatic N) is 2. The Morgan fingerprint density at radius 3 is 2.27 bits per heavy atom. The van der Waals surface area contributed by atoms with Crippen molar-refractivity contribution in [3.8, 4) is 23.1 Å². The average Bonchev–Trinajstić information content (AvgIpc) is 3.43. The van der Waals surface area contributed by atoms with Gasteiger partial charge in [-0.25, -0.2) is 4.79 Å². The summed E-state index contributed by atoms with van der Waals surface area (Å²) in [5.41, 5.74) is -0.434. The standard InChI is InChI=1S/C30H31N5O6/c1-34(2)15-14-31-26(36)19-4-9-22(10-5-19)41-23-12-7-21(8-13-23)30(28(38)32-29(39)33-30)18-35-17-20-6-11-24(40-3)16-25(20)27(35)37/h4-13,16-17,37H,14-15,18H2,1-3H3,(H,31,36)(H2,32,33,38,39)/t30-/m0/s1. The van der Waals surface area contributed by atoms with Gasteiger partial charge in [0.05, 0.1) is 13.7 Å². The minimum absolute atomic E-state index is 0.0499. The number of likely N-dealkylation sites (N-methyl/N-ethyl adjacent to an activating group) is 1. The third-order valence-electron chi connectivity index (χ3n) is 6.96. The van der Waals surface area contributed by atoms with E-state index in [1.54, 1.807) is 72.9 Å². The fraction of sp³-hybridized carbons (Fsp3) is 0.233. The van der Waals surface area contributed by atoms with Gasteiger partial charge in [-0.15, -0.1) is 0 Å². The number of carbonyl (C=O) groups excluding carboxylic acids is 3. The lowest BCUT2D eigenvalue weighted by Gasteiger charge is -2.27. The first-order chi connectivity index (χ1) is 19.7. The van der Waals surface area contributed by atoms with E-state index in [1.165, 1.54) is 11.7 Å². The first-order valence-corrected chi connectivity index (χ1v) is 13.0. The SMILES string of the molecule is COc1ccc2cn(C[C@@]3(c4ccc(Oc5ccc(C(=O)NCCN(C)C)cc5)cc4)NC(=O)NC3=O)c(O)c2c1. The summed E-state index contributed by atoms with van der Waals surface area (Å²) in [5.74, 6) is 0.862. The van der Waals surface area contributed by atoms with Gasteiger partial charge in [-0.3, -0.25) is 14.9 Å². The number of methoxy groups -OCH3 is 1. The summed E-state index contributed by atoms with van der Waals surface area (Å²) in [6.07, 6.45) is 1.72. The highest BCUT2D eigenvalue weighted by Crippen LogP contribution is 2.35. The largest absolute Gasteiger partial charge is 0.497 e. The second-order valence-corrected chi connectivity index (χ2v) is 10.1. The quantitative estimate of drug-likeness (QED) is 0.220. The molecule has 1 aromatic heterocycles. The Morgan fingerprint density at radius 1 is 1.00 bits per heavy atom. The summed E-state index contributed by atoms with van der Waals surface area (Å²) in [7, 11) is 5.42. The molecule has 4 amide bonds. The van der Waals surface area contributed by atoms with Crippen LogP contribution in [0.1, 0.15) is 15.9 Å². The summed E-state index contributed by atoms with van der Waals surface area (Å²) in [6.45, 7) is 1.24. The van der Waals surface area contributed by atoms with E-state index in [0.717, 1.165) is 11.9 Å². The van der Waals surface area contributed by atoms with Gasteiger partial charge in [-0.05, 0) is 74.3 Å². The van der Waals surface area contributed by atoms with Crippen molar-refractivity contribution in [1.82, 2.24) is 25.4 Å². The van der Waals surface area contributed by atoms with Crippen molar-refractivity contribution >= 4 is 28.6 Å². The highest BCUT2D eigenvalue weighted by molar-refractivity contribution is 6.07. The fourth-order valence-corrected chi connectivity index (χ4v) is 4.74. The predicted molar refractivity (Wildman–Crippen MR) is 152 cm³/mol. The number of ether oxygens (including phenoxy) is 2. The van der Waals surface area contributed by atoms with E-state index in [0.29, 0.717) is 40.3 Å². The lowest BCUT2D eigenvalue weighted by molar-refractivity contribution is -0.124. The van der Waals surface area contributed by atoms with Crippen molar-refractivity contribution in [3.05, 3.63) is 84.1 Å². The number of carbonyl (C=O) groups is 3. The minimum Gasteiger partial charge on any atom is -0.497 e. The molecular formula is C30H31N5O6. The average molecular weight is 558 g/mol. The van der Waals surface area contributed by atoms with Crippen LogP contribution < -0.4 is 25.4 Å². The number of imide groups is 1. The van der Waals surface area contributed by atoms with Gasteiger partial charge in [0.15, 0.2) is 11.4 Å². The van der Waals surface area contributed by atoms with Gasteiger partial charge < -0.3 is 34.7 Å². The van der Waals surface area contributed by atoms with Crippen molar-refractivity contribution in [2.75, 3.05) is 34.3 Å². The van der Waals surface area contributed by atoms with E-state index in [9.17, 15) is 19.5 Å². The molecule has 4 N–H and O–H groups in total. The van der Waals surface area contributed by atoms with Gasteiger partial charge >= 0.3 is 6.03 Å². The van der Waals surface area contributed by atoms with E-state index < -0.39 is 17.5 Å². The molecule has 0 bridgehead atoms. The maximum Gasteiger partial charge on any atom is 0.322 e. The highest BCUT2D eigenvalue weighted by Gasteiger charge is 2.48. The molecule has 11 nitrogen and oxygen atoms in total. The van der Waals surface area contributed by atoms with Crippen LogP contribution in [0, 0.1) is 0 Å². The van der Waals surface area contributed by atoms with Gasteiger partial charge in [0.1, 0.15) is 17.2 Å². The molecule has 1 atom stereocenters. The summed E-state index contributed by atoms with van der Waals surface area (Å²) in [4.78, 5) is 39.7. The first-order valence-electron chi connectivity index (χ1n) is 13.0. The number of aromatic nitrogens is 1. The van der Waals surface area contributed by atoms with E-state index in [2.05, 4.69) is 16.0 Å². The van der Waals surface area contributed by atoms with Crippen molar-refractivity contribution in [1.29, 1.82) is 0 Å². The molecule has 41 heavy (non-hydrogen) atoms. The number of amides is 4. The molecule has 4 aromatic rings. The molecule has 1 aliphatic rings. The van der Waals surface area contributed by atoms with Gasteiger partial charge in [0, 0.05) is 35.6 Å². The summed E-state index contributed by atoms with van der Waals surface area (Å²) < 4.78 is 12.7. The lowest BCUT2D eigenvalue weighted by Crippen LogP contribution is -2.47. The second-order valence-electron chi connectivity index (χ2n) is 10.1. The number of hydrogen-bond donors (Lipinski definition) is 4. The predicted octanol–water partition coefficient (Wildman–Crippen LogP) is 3.17. The molecule has 11 heteroatoms. The van der Waals surface area contributed by atoms with E-state index in [4.69, 9.17) is 9.47 Å². The van der Waals surface area contributed by atoms with Gasteiger partial charge in [0.25, 0.3) is 11.8 Å². The third kappa shape index (κ3) is 5.66. The van der Waals surface area contributed by atoms with Gasteiger partial charge in [-0.1, -0.05) is 12.1 Å². The number of benzene rings is 3. The number of rotatable bonds is 10. The molecule has 0 saturated carbocycles. The zero-order valence-corrected chi connectivity index (χ0v) is 22.9. The lowest BCUT2D eigenvalue weighted by atomic mass is 9.89. The number of fused-ring (bicyclic) bond motifs is 1. The van der Waals surface area contributed by atoms with Crippen molar-refractivity contribution in [2.45, 2.75) is 12.1 Å². The van der Waals surface area contributed by atoms with Crippen LogP contribution in [-0.4, -0.2) is 66.7 Å². The van der Waals surface area contributed by atoms with Crippen LogP contribution in [0.2, 0.25) is 0 Å². The number of hydrogen-bond acceptors (Lipinski definition) is 7. The third-order valence-corrected chi connectivity index (χ3v) is 6.96. The van der Waals surface area contributed by atoms with Crippen LogP contribution in [0.25, 0.3) is 10.8 Å². The molecule has 212 valence electrons. The fourth-order valence-electron chi connectivity index (χ4n) is 4.74. The van der Waals surface area contributed by atoms with Gasteiger partial charge in [0.2, 0.25) is 0 Å². The Bertz CT molecular complexity index is 1600. The summed E-state index contributed by atoms with van der Waals surface area (Å²) in [5, 5.41) is 20.2. The molecule has 1 aliphatic heterocycles. The first kappa shape index (κ1) is 27.5. The zero-order chi connectivity index (χ0) is 29.1. The molecule has 1 fully saturated rings. The maximum atomic E-state index is 13.1. The smallest absolute Gasteiger partial charge is 0.322 e. The zero-order valence-electron chi connectivity index (χ0n) is 22.9. The molecule has 0 unspecified atom stereocenters. The van der Waals surface area contributed by atoms with Crippen molar-refractivity contribution in [2.24, 2.45) is 0 Å². The molecule has 2 heterocycles. The molecule has 1 saturated heterocycles. The van der Waals surface area contributed by atoms with Crippen molar-refractivity contribution < 1.29 is 29.0 Å². The van der Waals surface area contributed by atoms with Crippen LogP contribution in [0.4, 0.5) is 4.79 Å². The topological polar surface area (TPSA) is 134 Å². The molecule has 0 aliphatic carbocycles. The van der Waals surface area contributed by atoms with E-state index >= 15 is 0 Å². The minimum atomic E-state index is -1.46.